The Morgan fingerprint density at radius 3 is 2.62 bits per heavy atom. The summed E-state index contributed by atoms with van der Waals surface area (Å²) in [7, 11) is 0. The molecule has 3 amide bonds. The average molecular weight is 356 g/mol. The van der Waals surface area contributed by atoms with Crippen LogP contribution >= 0.6 is 11.6 Å². The molecule has 1 aromatic rings. The molecule has 2 aliphatic rings. The van der Waals surface area contributed by atoms with E-state index in [0.29, 0.717) is 13.1 Å². The summed E-state index contributed by atoms with van der Waals surface area (Å²) >= 11 is 6.00. The van der Waals surface area contributed by atoms with Crippen LogP contribution in [0.1, 0.15) is 26.7 Å². The van der Waals surface area contributed by atoms with Crippen molar-refractivity contribution in [2.75, 3.05) is 24.5 Å². The second-order valence-electron chi connectivity index (χ2n) is 6.13. The van der Waals surface area contributed by atoms with E-state index in [9.17, 15) is 14.0 Å². The summed E-state index contributed by atoms with van der Waals surface area (Å²) in [6, 6.07) is 1.84. The van der Waals surface area contributed by atoms with E-state index in [2.05, 4.69) is 0 Å². The molecular weight excluding hydrogens is 337 g/mol. The summed E-state index contributed by atoms with van der Waals surface area (Å²) in [5.41, 5.74) is -0.129. The van der Waals surface area contributed by atoms with E-state index in [0.717, 1.165) is 23.8 Å². The van der Waals surface area contributed by atoms with E-state index in [1.807, 2.05) is 13.8 Å². The molecule has 2 saturated heterocycles. The maximum absolute atomic E-state index is 14.4. The van der Waals surface area contributed by atoms with Crippen LogP contribution < -0.4 is 9.64 Å². The first-order valence-corrected chi connectivity index (χ1v) is 8.31. The van der Waals surface area contributed by atoms with Gasteiger partial charge in [-0.3, -0.25) is 9.80 Å². The molecule has 0 N–H and O–H groups in total. The number of hydrazine groups is 1. The van der Waals surface area contributed by atoms with E-state index < -0.39 is 17.8 Å². The fourth-order valence-electron chi connectivity index (χ4n) is 2.92. The van der Waals surface area contributed by atoms with Crippen LogP contribution in [-0.4, -0.2) is 47.7 Å². The lowest BCUT2D eigenvalue weighted by Gasteiger charge is -2.44. The Kier molecular flexibility index (Phi) is 4.64. The fourth-order valence-corrected chi connectivity index (χ4v) is 3.11. The Balaban J connectivity index is 1.97. The lowest BCUT2D eigenvalue weighted by atomic mass is 10.2. The standard InChI is InChI=1S/C16H19ClFN3O3/c1-10(2)24-14-8-13(12(18)7-11(14)17)21-15(22)9-19-5-3-4-6-20(19)16(21)23/h7-8,10H,3-6,9H2,1-2H3. The number of halogens is 2. The molecule has 0 bridgehead atoms. The third kappa shape index (κ3) is 3.06. The number of benzene rings is 1. The van der Waals surface area contributed by atoms with Gasteiger partial charge in [-0.15, -0.1) is 0 Å². The number of amides is 3. The summed E-state index contributed by atoms with van der Waals surface area (Å²) in [5.74, 6) is -0.956. The van der Waals surface area contributed by atoms with Crippen molar-refractivity contribution >= 4 is 29.2 Å². The third-order valence-electron chi connectivity index (χ3n) is 3.96. The first-order chi connectivity index (χ1) is 11.4. The maximum atomic E-state index is 14.4. The van der Waals surface area contributed by atoms with Gasteiger partial charge in [0.25, 0.3) is 5.91 Å². The summed E-state index contributed by atoms with van der Waals surface area (Å²) in [5, 5.41) is 3.31. The first-order valence-electron chi connectivity index (χ1n) is 7.93. The zero-order chi connectivity index (χ0) is 17.4. The van der Waals surface area contributed by atoms with Crippen molar-refractivity contribution in [2.24, 2.45) is 0 Å². The highest BCUT2D eigenvalue weighted by Crippen LogP contribution is 2.35. The van der Waals surface area contributed by atoms with Gasteiger partial charge >= 0.3 is 6.03 Å². The van der Waals surface area contributed by atoms with Crippen molar-refractivity contribution in [1.82, 2.24) is 10.0 Å². The Bertz CT molecular complexity index is 683. The van der Waals surface area contributed by atoms with Crippen LogP contribution in [0.15, 0.2) is 12.1 Å². The molecule has 0 saturated carbocycles. The van der Waals surface area contributed by atoms with E-state index in [1.54, 1.807) is 5.01 Å². The van der Waals surface area contributed by atoms with Gasteiger partial charge in [-0.25, -0.2) is 19.1 Å². The SMILES string of the molecule is CC(C)Oc1cc(N2C(=O)CN3CCCCN3C2=O)c(F)cc1Cl. The minimum absolute atomic E-state index is 0.0498. The molecule has 0 atom stereocenters. The zero-order valence-corrected chi connectivity index (χ0v) is 14.3. The van der Waals surface area contributed by atoms with E-state index in [-0.39, 0.29) is 29.1 Å². The quantitative estimate of drug-likeness (QED) is 0.836. The number of carbonyl (C=O) groups excluding carboxylic acids is 2. The molecule has 0 aliphatic carbocycles. The molecular formula is C16H19ClFN3O3. The second-order valence-corrected chi connectivity index (χ2v) is 6.54. The van der Waals surface area contributed by atoms with Gasteiger partial charge < -0.3 is 4.74 Å². The average Bonchev–Trinajstić information content (AvgIpc) is 2.51. The molecule has 6 nitrogen and oxygen atoms in total. The summed E-state index contributed by atoms with van der Waals surface area (Å²) < 4.78 is 19.9. The van der Waals surface area contributed by atoms with E-state index in [4.69, 9.17) is 16.3 Å². The number of hydrogen-bond acceptors (Lipinski definition) is 4. The van der Waals surface area contributed by atoms with Crippen LogP contribution in [0.4, 0.5) is 14.9 Å². The van der Waals surface area contributed by atoms with Crippen LogP contribution in [0.2, 0.25) is 5.02 Å². The monoisotopic (exact) mass is 355 g/mol. The highest BCUT2D eigenvalue weighted by Gasteiger charge is 2.40. The van der Waals surface area contributed by atoms with Gasteiger partial charge in [0.1, 0.15) is 11.6 Å². The summed E-state index contributed by atoms with van der Waals surface area (Å²) in [6.07, 6.45) is 1.61. The van der Waals surface area contributed by atoms with Crippen molar-refractivity contribution in [2.45, 2.75) is 32.8 Å². The number of hydrogen-bond donors (Lipinski definition) is 0. The predicted molar refractivity (Wildman–Crippen MR) is 87.6 cm³/mol. The number of rotatable bonds is 3. The number of carbonyl (C=O) groups is 2. The minimum atomic E-state index is -0.733. The lowest BCUT2D eigenvalue weighted by Crippen LogP contribution is -2.64. The smallest absolute Gasteiger partial charge is 0.346 e. The van der Waals surface area contributed by atoms with Crippen molar-refractivity contribution in [1.29, 1.82) is 0 Å². The van der Waals surface area contributed by atoms with Gasteiger partial charge in [-0.2, -0.15) is 0 Å². The second kappa shape index (κ2) is 6.57. The number of urea groups is 1. The third-order valence-corrected chi connectivity index (χ3v) is 4.26. The Morgan fingerprint density at radius 2 is 1.92 bits per heavy atom. The first kappa shape index (κ1) is 17.0. The van der Waals surface area contributed by atoms with Crippen molar-refractivity contribution in [3.05, 3.63) is 23.0 Å². The Hall–Kier alpha value is -1.86. The van der Waals surface area contributed by atoms with E-state index in [1.165, 1.54) is 11.1 Å². The van der Waals surface area contributed by atoms with Gasteiger partial charge in [0.2, 0.25) is 0 Å². The number of ether oxygens (including phenoxy) is 1. The van der Waals surface area contributed by atoms with Crippen molar-refractivity contribution in [3.63, 3.8) is 0 Å². The predicted octanol–water partition coefficient (Wildman–Crippen LogP) is 3.05. The number of fused-ring (bicyclic) bond motifs is 1. The van der Waals surface area contributed by atoms with E-state index >= 15 is 0 Å². The van der Waals surface area contributed by atoms with Crippen LogP contribution in [0, 0.1) is 5.82 Å². The number of nitrogens with zero attached hydrogens (tertiary/aromatic N) is 3. The minimum Gasteiger partial charge on any atom is -0.489 e. The molecule has 0 radical (unpaired) electrons. The molecule has 0 aromatic heterocycles. The molecule has 8 heteroatoms. The van der Waals surface area contributed by atoms with Crippen molar-refractivity contribution < 1.29 is 18.7 Å². The number of imide groups is 1. The van der Waals surface area contributed by atoms with Gasteiger partial charge in [-0.05, 0) is 32.8 Å². The molecule has 130 valence electrons. The molecule has 0 unspecified atom stereocenters. The number of anilines is 1. The van der Waals surface area contributed by atoms with Crippen LogP contribution in [0.3, 0.4) is 0 Å². The van der Waals surface area contributed by atoms with Crippen LogP contribution in [-0.2, 0) is 4.79 Å². The molecule has 2 heterocycles. The molecule has 1 aromatic carbocycles. The fraction of sp³-hybridized carbons (Fsp3) is 0.500. The highest BCUT2D eigenvalue weighted by molar-refractivity contribution is 6.32. The Morgan fingerprint density at radius 1 is 1.21 bits per heavy atom. The maximum Gasteiger partial charge on any atom is 0.346 e. The largest absolute Gasteiger partial charge is 0.489 e. The molecule has 2 fully saturated rings. The molecule has 0 spiro atoms. The zero-order valence-electron chi connectivity index (χ0n) is 13.6. The van der Waals surface area contributed by atoms with Crippen LogP contribution in [0.5, 0.6) is 5.75 Å². The molecule has 2 aliphatic heterocycles. The summed E-state index contributed by atoms with van der Waals surface area (Å²) in [4.78, 5) is 26.0. The normalized spacial score (nSPS) is 19.0. The van der Waals surface area contributed by atoms with Crippen molar-refractivity contribution in [3.8, 4) is 5.75 Å². The molecule has 3 rings (SSSR count). The molecule has 24 heavy (non-hydrogen) atoms. The van der Waals surface area contributed by atoms with Crippen LogP contribution in [0.25, 0.3) is 0 Å². The highest BCUT2D eigenvalue weighted by atomic mass is 35.5. The van der Waals surface area contributed by atoms with Gasteiger partial charge in [0.15, 0.2) is 0 Å². The summed E-state index contributed by atoms with van der Waals surface area (Å²) in [6.45, 7) is 4.84. The van der Waals surface area contributed by atoms with Gasteiger partial charge in [0.05, 0.1) is 23.4 Å². The van der Waals surface area contributed by atoms with Gasteiger partial charge in [0, 0.05) is 19.2 Å². The Labute approximate surface area is 144 Å². The van der Waals surface area contributed by atoms with Gasteiger partial charge in [-0.1, -0.05) is 11.6 Å². The topological polar surface area (TPSA) is 53.1 Å². The lowest BCUT2D eigenvalue weighted by molar-refractivity contribution is -0.128.